The second-order valence-corrected chi connectivity index (χ2v) is 20.4. The molecule has 3 heterocycles. The van der Waals surface area contributed by atoms with Crippen LogP contribution in [0.3, 0.4) is 0 Å². The zero-order valence-corrected chi connectivity index (χ0v) is 36.1. The average Bonchev–Trinajstić information content (AvgIpc) is 4.14. The predicted molar refractivity (Wildman–Crippen MR) is 227 cm³/mol. The molecule has 3 N–H and O–H groups in total. The van der Waals surface area contributed by atoms with Gasteiger partial charge in [0.05, 0.1) is 28.4 Å². The van der Waals surface area contributed by atoms with E-state index < -0.39 is 91.5 Å². The number of alkyl halides is 6. The summed E-state index contributed by atoms with van der Waals surface area (Å²) in [5.41, 5.74) is -3.47. The van der Waals surface area contributed by atoms with Crippen molar-refractivity contribution in [3.8, 4) is 17.3 Å². The zero-order chi connectivity index (χ0) is 46.1. The Kier molecular flexibility index (Phi) is 11.2. The second-order valence-electron chi connectivity index (χ2n) is 17.4. The number of carbonyl (C=O) groups is 3. The van der Waals surface area contributed by atoms with E-state index in [1.54, 1.807) is 26.8 Å². The molecule has 8 rings (SSSR count). The van der Waals surface area contributed by atoms with Crippen molar-refractivity contribution >= 4 is 65.1 Å². The van der Waals surface area contributed by atoms with Gasteiger partial charge in [-0.3, -0.25) is 19.1 Å². The van der Waals surface area contributed by atoms with Crippen LogP contribution >= 0.6 is 11.3 Å². The molecular formula is C44H42F6N6O6S2. The smallest absolute Gasteiger partial charge is 0.416 e. The highest BCUT2D eigenvalue weighted by Crippen LogP contribution is 2.46. The third-order valence-corrected chi connectivity index (χ3v) is 14.6. The van der Waals surface area contributed by atoms with E-state index in [0.717, 1.165) is 34.4 Å². The van der Waals surface area contributed by atoms with Gasteiger partial charge in [-0.25, -0.2) is 13.4 Å². The number of halogens is 6. The molecule has 64 heavy (non-hydrogen) atoms. The average molecular weight is 929 g/mol. The molecule has 2 aromatic heterocycles. The molecule has 5 atom stereocenters. The van der Waals surface area contributed by atoms with Crippen LogP contribution in [0.5, 0.6) is 5.88 Å². The van der Waals surface area contributed by atoms with Gasteiger partial charge in [-0.15, -0.1) is 17.9 Å². The number of fused-ring (bicyclic) bond motifs is 3. The Bertz CT molecular complexity index is 2770. The molecule has 1 aliphatic heterocycles. The minimum absolute atomic E-state index is 0.0323. The Labute approximate surface area is 367 Å². The van der Waals surface area contributed by atoms with E-state index in [4.69, 9.17) is 9.72 Å². The summed E-state index contributed by atoms with van der Waals surface area (Å²) in [7, 11) is -4.01. The van der Waals surface area contributed by atoms with Crippen LogP contribution in [0.4, 0.5) is 32.0 Å². The fourth-order valence-corrected chi connectivity index (χ4v) is 10.3. The van der Waals surface area contributed by atoms with E-state index in [2.05, 4.69) is 26.9 Å². The minimum atomic E-state index is -4.60. The van der Waals surface area contributed by atoms with Gasteiger partial charge in [-0.2, -0.15) is 31.3 Å². The summed E-state index contributed by atoms with van der Waals surface area (Å²) >= 11 is 1.30. The number of thiophene rings is 1. The first-order chi connectivity index (χ1) is 30.0. The summed E-state index contributed by atoms with van der Waals surface area (Å²) in [6.45, 7) is 8.70. The van der Waals surface area contributed by atoms with Gasteiger partial charge in [0, 0.05) is 33.7 Å². The Morgan fingerprint density at radius 2 is 1.55 bits per heavy atom. The van der Waals surface area contributed by atoms with Gasteiger partial charge in [0.2, 0.25) is 27.7 Å². The molecule has 2 saturated carbocycles. The first-order valence-electron chi connectivity index (χ1n) is 20.3. The van der Waals surface area contributed by atoms with Crippen LogP contribution in [0.1, 0.15) is 57.6 Å². The number of ether oxygens (including phenoxy) is 1. The predicted octanol–water partition coefficient (Wildman–Crippen LogP) is 8.09. The number of rotatable bonds is 12. The highest BCUT2D eigenvalue weighted by Gasteiger charge is 2.62. The molecule has 12 nitrogen and oxygen atoms in total. The molecule has 3 aromatic carbocycles. The van der Waals surface area contributed by atoms with Crippen LogP contribution in [0.25, 0.3) is 31.7 Å². The van der Waals surface area contributed by atoms with Gasteiger partial charge < -0.3 is 20.3 Å². The lowest BCUT2D eigenvalue weighted by molar-refractivity contribution is -0.141. The minimum Gasteiger partial charge on any atom is -0.471 e. The van der Waals surface area contributed by atoms with Gasteiger partial charge in [-0.05, 0) is 67.1 Å². The van der Waals surface area contributed by atoms with E-state index in [-0.39, 0.29) is 42.3 Å². The number of aromatic nitrogens is 2. The van der Waals surface area contributed by atoms with Crippen LogP contribution in [-0.2, 0) is 36.8 Å². The van der Waals surface area contributed by atoms with E-state index in [1.807, 2.05) is 18.2 Å². The summed E-state index contributed by atoms with van der Waals surface area (Å²) < 4.78 is 116. The molecule has 5 aromatic rings. The quantitative estimate of drug-likeness (QED) is 0.0831. The number of likely N-dealkylation sites (tertiary alicyclic amines) is 1. The Morgan fingerprint density at radius 3 is 2.12 bits per heavy atom. The van der Waals surface area contributed by atoms with Crippen LogP contribution in [-0.4, -0.2) is 76.5 Å². The molecule has 3 fully saturated rings. The van der Waals surface area contributed by atoms with Crippen LogP contribution in [0, 0.1) is 11.3 Å². The molecule has 0 unspecified atom stereocenters. The van der Waals surface area contributed by atoms with Crippen LogP contribution < -0.4 is 20.1 Å². The maximum absolute atomic E-state index is 14.9. The number of amides is 3. The van der Waals surface area contributed by atoms with Crippen molar-refractivity contribution in [2.24, 2.45) is 11.3 Å². The molecule has 0 radical (unpaired) electrons. The number of nitrogens with zero attached hydrogens (tertiary/aromatic N) is 3. The lowest BCUT2D eigenvalue weighted by Crippen LogP contribution is -2.58. The maximum Gasteiger partial charge on any atom is 0.416 e. The second kappa shape index (κ2) is 16.0. The summed E-state index contributed by atoms with van der Waals surface area (Å²) in [4.78, 5) is 53.7. The molecule has 1 saturated heterocycles. The van der Waals surface area contributed by atoms with Crippen molar-refractivity contribution in [2.45, 2.75) is 87.8 Å². The maximum atomic E-state index is 14.9. The van der Waals surface area contributed by atoms with Crippen LogP contribution in [0.2, 0.25) is 0 Å². The number of sulfonamides is 1. The molecule has 3 amide bonds. The summed E-state index contributed by atoms with van der Waals surface area (Å²) in [6, 6.07) is 13.3. The molecule has 3 aliphatic rings. The molecule has 2 aliphatic carbocycles. The monoisotopic (exact) mass is 928 g/mol. The topological polar surface area (TPSA) is 160 Å². The molecular weight excluding hydrogens is 887 g/mol. The van der Waals surface area contributed by atoms with Crippen molar-refractivity contribution in [3.05, 3.63) is 96.6 Å². The fourth-order valence-electron chi connectivity index (χ4n) is 7.87. The third-order valence-electron chi connectivity index (χ3n) is 11.7. The van der Waals surface area contributed by atoms with E-state index in [1.165, 1.54) is 46.6 Å². The summed E-state index contributed by atoms with van der Waals surface area (Å²) in [5, 5.41) is 5.78. The summed E-state index contributed by atoms with van der Waals surface area (Å²) in [6.07, 6.45) is -8.10. The van der Waals surface area contributed by atoms with Crippen LogP contribution in [0.15, 0.2) is 85.5 Å². The Morgan fingerprint density at radius 1 is 0.922 bits per heavy atom. The van der Waals surface area contributed by atoms with Crippen molar-refractivity contribution in [1.82, 2.24) is 24.9 Å². The Hall–Kier alpha value is -5.76. The Balaban J connectivity index is 1.15. The number of hydrogen-bond acceptors (Lipinski definition) is 10. The van der Waals surface area contributed by atoms with Gasteiger partial charge in [0.25, 0.3) is 5.91 Å². The first-order valence-corrected chi connectivity index (χ1v) is 22.6. The van der Waals surface area contributed by atoms with E-state index in [0.29, 0.717) is 23.1 Å². The SMILES string of the molecule is C=C[C@@H]1C[C@]1(NC(=O)[C@@H]1C[C@@H](Oc2nc(-c3ccc(C(F)(F)F)cc3)nc3c2sc2ccccc23)CN1C(=O)[C@@H](Nc1ccc(C(F)(F)F)cc1)C(C)(C)C)C(=O)NS(=O)(=O)C1CC1. The molecule has 0 bridgehead atoms. The largest absolute Gasteiger partial charge is 0.471 e. The lowest BCUT2D eigenvalue weighted by Gasteiger charge is -2.36. The number of hydrogen-bond donors (Lipinski definition) is 3. The van der Waals surface area contributed by atoms with Gasteiger partial charge >= 0.3 is 12.4 Å². The van der Waals surface area contributed by atoms with E-state index >= 15 is 0 Å². The normalized spacial score (nSPS) is 22.0. The number of anilines is 1. The van der Waals surface area contributed by atoms with Gasteiger partial charge in [0.15, 0.2) is 5.82 Å². The van der Waals surface area contributed by atoms with E-state index in [9.17, 15) is 49.1 Å². The first kappa shape index (κ1) is 44.8. The number of carbonyl (C=O) groups excluding carboxylic acids is 3. The molecule has 0 spiro atoms. The van der Waals surface area contributed by atoms with Crippen molar-refractivity contribution in [3.63, 3.8) is 0 Å². The van der Waals surface area contributed by atoms with Gasteiger partial charge in [-0.1, -0.05) is 57.2 Å². The number of benzene rings is 3. The summed E-state index contributed by atoms with van der Waals surface area (Å²) in [5.74, 6) is -2.94. The standard InChI is InChI=1S/C44H42F6N6O6S2/c1-5-24-21-42(24,40(59)55-64(60,61)29-18-19-29)54-37(57)31-20-28(22-56(31)39(58)35(41(2,3)4)51-27-16-14-26(15-17-27)44(48,49)50)62-38-34-33(30-8-6-7-9-32(30)63-34)52-36(53-38)23-10-12-25(13-11-23)43(45,46)47/h5-17,24,28-29,31,35,51H,1,18-22H2,2-4H3,(H,54,57)(H,55,59)/t24-,28-,31+,35-,42-/m1/s1. The zero-order valence-electron chi connectivity index (χ0n) is 34.5. The highest BCUT2D eigenvalue weighted by atomic mass is 32.2. The molecule has 20 heteroatoms. The number of nitrogens with one attached hydrogen (secondary N) is 3. The fraction of sp³-hybridized carbons (Fsp3) is 0.386. The van der Waals surface area contributed by atoms with Crippen molar-refractivity contribution in [2.75, 3.05) is 11.9 Å². The van der Waals surface area contributed by atoms with Crippen molar-refractivity contribution in [1.29, 1.82) is 0 Å². The molecule has 338 valence electrons. The highest BCUT2D eigenvalue weighted by molar-refractivity contribution is 7.91. The van der Waals surface area contributed by atoms with Crippen molar-refractivity contribution < 1.29 is 53.9 Å². The third kappa shape index (κ3) is 8.85. The lowest BCUT2D eigenvalue weighted by atomic mass is 9.85. The van der Waals surface area contributed by atoms with Gasteiger partial charge in [0.1, 0.15) is 28.4 Å².